The molecule has 0 atom stereocenters. The molecule has 0 saturated carbocycles. The molecule has 17 heavy (non-hydrogen) atoms. The lowest BCUT2D eigenvalue weighted by Gasteiger charge is -2.23. The van der Waals surface area contributed by atoms with Crippen LogP contribution in [0.15, 0.2) is 6.07 Å². The zero-order chi connectivity index (χ0) is 12.8. The number of anilines is 3. The molecule has 0 aliphatic carbocycles. The molecule has 5 nitrogen and oxygen atoms in total. The van der Waals surface area contributed by atoms with E-state index >= 15 is 0 Å². The highest BCUT2D eigenvalue weighted by molar-refractivity contribution is 5.52. The van der Waals surface area contributed by atoms with E-state index in [1.54, 1.807) is 0 Å². The Labute approximate surface area is 104 Å². The number of hydrogen-bond acceptors (Lipinski definition) is 5. The molecular weight excluding hydrogens is 214 g/mol. The van der Waals surface area contributed by atoms with Crippen LogP contribution in [-0.2, 0) is 0 Å². The Hall–Kier alpha value is -1.52. The van der Waals surface area contributed by atoms with E-state index in [4.69, 9.17) is 5.73 Å². The van der Waals surface area contributed by atoms with Crippen LogP contribution in [0.4, 0.5) is 17.6 Å². The molecule has 0 fully saturated rings. The van der Waals surface area contributed by atoms with Crippen LogP contribution >= 0.6 is 0 Å². The van der Waals surface area contributed by atoms with Crippen LogP contribution in [0.3, 0.4) is 0 Å². The van der Waals surface area contributed by atoms with Crippen LogP contribution in [0, 0.1) is 0 Å². The van der Waals surface area contributed by atoms with Gasteiger partial charge in [-0.25, -0.2) is 0 Å². The van der Waals surface area contributed by atoms with Crippen LogP contribution in [0.25, 0.3) is 0 Å². The van der Waals surface area contributed by atoms with Crippen molar-refractivity contribution in [3.63, 3.8) is 0 Å². The molecule has 0 radical (unpaired) electrons. The fourth-order valence-corrected chi connectivity index (χ4v) is 1.80. The predicted octanol–water partition coefficient (Wildman–Crippen LogP) is 1.75. The smallest absolute Gasteiger partial charge is 0.229 e. The van der Waals surface area contributed by atoms with E-state index in [9.17, 15) is 0 Å². The van der Waals surface area contributed by atoms with Gasteiger partial charge in [0.2, 0.25) is 5.95 Å². The van der Waals surface area contributed by atoms with Gasteiger partial charge in [-0.05, 0) is 27.7 Å². The molecule has 0 aliphatic rings. The first kappa shape index (κ1) is 13.5. The monoisotopic (exact) mass is 237 g/mol. The average Bonchev–Trinajstić information content (AvgIpc) is 2.31. The maximum absolute atomic E-state index is 5.85. The van der Waals surface area contributed by atoms with Gasteiger partial charge in [-0.3, -0.25) is 0 Å². The molecule has 0 unspecified atom stereocenters. The fourth-order valence-electron chi connectivity index (χ4n) is 1.80. The van der Waals surface area contributed by atoms with Gasteiger partial charge in [-0.1, -0.05) is 0 Å². The molecule has 0 amide bonds. The molecule has 5 heteroatoms. The SMILES string of the molecule is CCN(CC)c1cc(N)nc(N(CC)CC)n1. The molecule has 1 rings (SSSR count). The van der Waals surface area contributed by atoms with E-state index < -0.39 is 0 Å². The van der Waals surface area contributed by atoms with Crippen molar-refractivity contribution in [1.29, 1.82) is 0 Å². The van der Waals surface area contributed by atoms with Crippen LogP contribution in [0.1, 0.15) is 27.7 Å². The van der Waals surface area contributed by atoms with Crippen molar-refractivity contribution in [2.75, 3.05) is 41.7 Å². The molecular formula is C12H23N5. The Kier molecular flexibility index (Phi) is 5.00. The van der Waals surface area contributed by atoms with Gasteiger partial charge in [0.1, 0.15) is 11.6 Å². The lowest BCUT2D eigenvalue weighted by molar-refractivity contribution is 0.800. The Morgan fingerprint density at radius 2 is 1.47 bits per heavy atom. The van der Waals surface area contributed by atoms with Crippen LogP contribution in [-0.4, -0.2) is 36.1 Å². The second-order valence-corrected chi connectivity index (χ2v) is 3.80. The Balaban J connectivity index is 3.08. The Bertz CT molecular complexity index is 314. The summed E-state index contributed by atoms with van der Waals surface area (Å²) in [6.07, 6.45) is 0. The molecule has 0 aliphatic heterocycles. The number of hydrogen-bond donors (Lipinski definition) is 1. The van der Waals surface area contributed by atoms with E-state index in [1.165, 1.54) is 0 Å². The highest BCUT2D eigenvalue weighted by Crippen LogP contribution is 2.18. The summed E-state index contributed by atoms with van der Waals surface area (Å²) < 4.78 is 0. The summed E-state index contributed by atoms with van der Waals surface area (Å²) in [4.78, 5) is 13.1. The van der Waals surface area contributed by atoms with Crippen LogP contribution < -0.4 is 15.5 Å². The summed E-state index contributed by atoms with van der Waals surface area (Å²) >= 11 is 0. The molecule has 0 spiro atoms. The Morgan fingerprint density at radius 3 is 1.94 bits per heavy atom. The summed E-state index contributed by atoms with van der Waals surface area (Å²) in [5.74, 6) is 2.16. The molecule has 0 aromatic carbocycles. The number of nitrogen functional groups attached to an aromatic ring is 1. The van der Waals surface area contributed by atoms with Gasteiger partial charge in [0.25, 0.3) is 0 Å². The third-order valence-electron chi connectivity index (χ3n) is 2.85. The summed E-state index contributed by atoms with van der Waals surface area (Å²) in [7, 11) is 0. The van der Waals surface area contributed by atoms with Crippen LogP contribution in [0.2, 0.25) is 0 Å². The maximum atomic E-state index is 5.85. The zero-order valence-corrected chi connectivity index (χ0v) is 11.3. The third kappa shape index (κ3) is 3.22. The van der Waals surface area contributed by atoms with E-state index in [0.29, 0.717) is 5.82 Å². The minimum atomic E-state index is 0.531. The first-order valence-corrected chi connectivity index (χ1v) is 6.30. The predicted molar refractivity (Wildman–Crippen MR) is 73.6 cm³/mol. The average molecular weight is 237 g/mol. The molecule has 2 N–H and O–H groups in total. The Morgan fingerprint density at radius 1 is 0.941 bits per heavy atom. The highest BCUT2D eigenvalue weighted by atomic mass is 15.3. The first-order valence-electron chi connectivity index (χ1n) is 6.30. The molecule has 0 saturated heterocycles. The normalized spacial score (nSPS) is 10.4. The third-order valence-corrected chi connectivity index (χ3v) is 2.85. The number of nitrogens with two attached hydrogens (primary N) is 1. The standard InChI is InChI=1S/C12H23N5/c1-5-16(6-2)11-9-10(13)14-12(15-11)17(7-3)8-4/h9H,5-8H2,1-4H3,(H2,13,14,15). The van der Waals surface area contributed by atoms with Crippen molar-refractivity contribution in [2.45, 2.75) is 27.7 Å². The van der Waals surface area contributed by atoms with Crippen molar-refractivity contribution in [3.05, 3.63) is 6.07 Å². The van der Waals surface area contributed by atoms with Gasteiger partial charge >= 0.3 is 0 Å². The second kappa shape index (κ2) is 6.27. The lowest BCUT2D eigenvalue weighted by Crippen LogP contribution is -2.27. The quantitative estimate of drug-likeness (QED) is 0.817. The molecule has 96 valence electrons. The van der Waals surface area contributed by atoms with E-state index in [1.807, 2.05) is 6.07 Å². The van der Waals surface area contributed by atoms with Crippen molar-refractivity contribution in [3.8, 4) is 0 Å². The zero-order valence-electron chi connectivity index (χ0n) is 11.3. The largest absolute Gasteiger partial charge is 0.383 e. The lowest BCUT2D eigenvalue weighted by atomic mass is 10.4. The van der Waals surface area contributed by atoms with Gasteiger partial charge < -0.3 is 15.5 Å². The van der Waals surface area contributed by atoms with Gasteiger partial charge in [0.15, 0.2) is 0 Å². The van der Waals surface area contributed by atoms with E-state index in [0.717, 1.165) is 37.9 Å². The highest BCUT2D eigenvalue weighted by Gasteiger charge is 2.11. The van der Waals surface area contributed by atoms with Gasteiger partial charge in [-0.2, -0.15) is 9.97 Å². The van der Waals surface area contributed by atoms with E-state index in [-0.39, 0.29) is 0 Å². The second-order valence-electron chi connectivity index (χ2n) is 3.80. The van der Waals surface area contributed by atoms with Crippen molar-refractivity contribution in [2.24, 2.45) is 0 Å². The number of nitrogens with zero attached hydrogens (tertiary/aromatic N) is 4. The minimum Gasteiger partial charge on any atom is -0.383 e. The summed E-state index contributed by atoms with van der Waals surface area (Å²) in [5, 5.41) is 0. The summed E-state index contributed by atoms with van der Waals surface area (Å²) in [6, 6.07) is 1.83. The summed E-state index contributed by atoms with van der Waals surface area (Å²) in [6.45, 7) is 12.0. The van der Waals surface area contributed by atoms with Gasteiger partial charge in [-0.15, -0.1) is 0 Å². The van der Waals surface area contributed by atoms with Crippen molar-refractivity contribution < 1.29 is 0 Å². The summed E-state index contributed by atoms with van der Waals surface area (Å²) in [5.41, 5.74) is 5.85. The molecule has 1 aromatic heterocycles. The van der Waals surface area contributed by atoms with Crippen molar-refractivity contribution in [1.82, 2.24) is 9.97 Å². The van der Waals surface area contributed by atoms with Gasteiger partial charge in [0, 0.05) is 32.2 Å². The maximum Gasteiger partial charge on any atom is 0.229 e. The fraction of sp³-hybridized carbons (Fsp3) is 0.667. The van der Waals surface area contributed by atoms with Crippen molar-refractivity contribution >= 4 is 17.6 Å². The molecule has 0 bridgehead atoms. The first-order chi connectivity index (χ1) is 8.15. The topological polar surface area (TPSA) is 58.3 Å². The number of aromatic nitrogens is 2. The molecule has 1 aromatic rings. The molecule has 1 heterocycles. The van der Waals surface area contributed by atoms with Gasteiger partial charge in [0.05, 0.1) is 0 Å². The number of rotatable bonds is 6. The van der Waals surface area contributed by atoms with Crippen LogP contribution in [0.5, 0.6) is 0 Å². The minimum absolute atomic E-state index is 0.531. The van der Waals surface area contributed by atoms with E-state index in [2.05, 4.69) is 47.5 Å².